The molecule has 0 aliphatic carbocycles. The molecule has 1 aromatic heterocycles. The topological polar surface area (TPSA) is 120 Å². The van der Waals surface area contributed by atoms with Crippen molar-refractivity contribution >= 4 is 17.7 Å². The van der Waals surface area contributed by atoms with Crippen LogP contribution in [0.1, 0.15) is 46.9 Å². The number of anilines is 2. The maximum absolute atomic E-state index is 11.8. The number of benzene rings is 1. The van der Waals surface area contributed by atoms with E-state index in [9.17, 15) is 9.90 Å². The SMILES string of the molecule is CCC[C@@H](CO)Nc1nc(N)nc(C)c1Cc1ccc(C(=O)OC)cc1OC. The Balaban J connectivity index is 2.41. The molecule has 2 rings (SSSR count). The van der Waals surface area contributed by atoms with Gasteiger partial charge in [-0.25, -0.2) is 9.78 Å². The fraction of sp³-hybridized carbons (Fsp3) is 0.450. The predicted octanol–water partition coefficient (Wildman–Crippen LogP) is 2.33. The number of nitrogens with two attached hydrogens (primary N) is 1. The highest BCUT2D eigenvalue weighted by molar-refractivity contribution is 5.90. The Hall–Kier alpha value is -2.87. The summed E-state index contributed by atoms with van der Waals surface area (Å²) in [5, 5.41) is 12.9. The highest BCUT2D eigenvalue weighted by atomic mass is 16.5. The second-order valence-electron chi connectivity index (χ2n) is 6.50. The fourth-order valence-electron chi connectivity index (χ4n) is 3.03. The number of carbonyl (C=O) groups excluding carboxylic acids is 1. The second kappa shape index (κ2) is 9.89. The minimum absolute atomic E-state index is 0.00656. The Bertz CT molecular complexity index is 826. The molecule has 0 radical (unpaired) electrons. The summed E-state index contributed by atoms with van der Waals surface area (Å²) < 4.78 is 10.2. The van der Waals surface area contributed by atoms with Crippen molar-refractivity contribution in [1.29, 1.82) is 0 Å². The highest BCUT2D eigenvalue weighted by Gasteiger charge is 2.18. The van der Waals surface area contributed by atoms with Crippen LogP contribution in [-0.4, -0.2) is 47.9 Å². The zero-order chi connectivity index (χ0) is 20.7. The number of aliphatic hydroxyl groups is 1. The maximum atomic E-state index is 11.8. The van der Waals surface area contributed by atoms with Crippen molar-refractivity contribution in [3.8, 4) is 5.75 Å². The van der Waals surface area contributed by atoms with Crippen molar-refractivity contribution < 1.29 is 19.4 Å². The second-order valence-corrected chi connectivity index (χ2v) is 6.50. The molecule has 28 heavy (non-hydrogen) atoms. The monoisotopic (exact) mass is 388 g/mol. The molecule has 1 heterocycles. The van der Waals surface area contributed by atoms with Gasteiger partial charge in [-0.1, -0.05) is 19.4 Å². The number of rotatable bonds is 9. The van der Waals surface area contributed by atoms with Gasteiger partial charge in [-0.15, -0.1) is 0 Å². The number of methoxy groups -OCH3 is 2. The number of nitrogens with one attached hydrogen (secondary N) is 1. The standard InChI is InChI=1S/C20H28N4O4/c1-5-6-15(11-25)23-18-16(12(2)22-20(21)24-18)9-13-7-8-14(19(26)28-4)10-17(13)27-3/h7-8,10,15,25H,5-6,9,11H2,1-4H3,(H3,21,22,23,24)/t15-/m0/s1. The number of hydrogen-bond acceptors (Lipinski definition) is 8. The van der Waals surface area contributed by atoms with Gasteiger partial charge in [0, 0.05) is 17.7 Å². The van der Waals surface area contributed by atoms with Crippen LogP contribution in [0.4, 0.5) is 11.8 Å². The minimum Gasteiger partial charge on any atom is -0.496 e. The lowest BCUT2D eigenvalue weighted by Crippen LogP contribution is -2.25. The molecule has 152 valence electrons. The molecule has 8 nitrogen and oxygen atoms in total. The Labute approximate surface area is 165 Å². The first-order chi connectivity index (χ1) is 13.4. The average Bonchev–Trinajstić information content (AvgIpc) is 2.69. The van der Waals surface area contributed by atoms with Gasteiger partial charge >= 0.3 is 5.97 Å². The quantitative estimate of drug-likeness (QED) is 0.560. The van der Waals surface area contributed by atoms with Gasteiger partial charge in [0.25, 0.3) is 0 Å². The lowest BCUT2D eigenvalue weighted by molar-refractivity contribution is 0.0600. The van der Waals surface area contributed by atoms with Crippen LogP contribution in [0.3, 0.4) is 0 Å². The van der Waals surface area contributed by atoms with E-state index in [1.54, 1.807) is 19.2 Å². The molecule has 0 bridgehead atoms. The first-order valence-electron chi connectivity index (χ1n) is 9.19. The van der Waals surface area contributed by atoms with Crippen LogP contribution < -0.4 is 15.8 Å². The first kappa shape index (κ1) is 21.4. The molecule has 0 amide bonds. The summed E-state index contributed by atoms with van der Waals surface area (Å²) in [5.74, 6) is 0.906. The Kier molecular flexibility index (Phi) is 7.57. The molecule has 4 N–H and O–H groups in total. The van der Waals surface area contributed by atoms with Crippen molar-refractivity contribution in [3.63, 3.8) is 0 Å². The highest BCUT2D eigenvalue weighted by Crippen LogP contribution is 2.28. The van der Waals surface area contributed by atoms with Crippen molar-refractivity contribution in [1.82, 2.24) is 9.97 Å². The summed E-state index contributed by atoms with van der Waals surface area (Å²) in [4.78, 5) is 20.4. The molecule has 0 saturated carbocycles. The molecule has 0 unspecified atom stereocenters. The third kappa shape index (κ3) is 5.10. The fourth-order valence-corrected chi connectivity index (χ4v) is 3.03. The predicted molar refractivity (Wildman–Crippen MR) is 108 cm³/mol. The number of nitrogen functional groups attached to an aromatic ring is 1. The van der Waals surface area contributed by atoms with Gasteiger partial charge in [-0.2, -0.15) is 4.98 Å². The van der Waals surface area contributed by atoms with Crippen molar-refractivity contribution in [2.45, 2.75) is 39.2 Å². The smallest absolute Gasteiger partial charge is 0.337 e. The van der Waals surface area contributed by atoms with E-state index in [2.05, 4.69) is 22.2 Å². The summed E-state index contributed by atoms with van der Waals surface area (Å²) in [6.45, 7) is 3.91. The Morgan fingerprint density at radius 1 is 1.32 bits per heavy atom. The molecular weight excluding hydrogens is 360 g/mol. The van der Waals surface area contributed by atoms with E-state index in [0.29, 0.717) is 23.6 Å². The van der Waals surface area contributed by atoms with Crippen molar-refractivity contribution in [2.75, 3.05) is 31.9 Å². The van der Waals surface area contributed by atoms with Crippen LogP contribution in [0, 0.1) is 6.92 Å². The molecule has 0 aliphatic rings. The van der Waals surface area contributed by atoms with Gasteiger partial charge in [0.15, 0.2) is 0 Å². The van der Waals surface area contributed by atoms with Crippen LogP contribution in [0.5, 0.6) is 5.75 Å². The van der Waals surface area contributed by atoms with Crippen molar-refractivity contribution in [2.24, 2.45) is 0 Å². The zero-order valence-electron chi connectivity index (χ0n) is 16.8. The molecule has 8 heteroatoms. The number of ether oxygens (including phenoxy) is 2. The molecule has 0 aliphatic heterocycles. The van der Waals surface area contributed by atoms with E-state index in [4.69, 9.17) is 15.2 Å². The Morgan fingerprint density at radius 2 is 2.07 bits per heavy atom. The summed E-state index contributed by atoms with van der Waals surface area (Å²) in [5.41, 5.74) is 8.71. The van der Waals surface area contributed by atoms with Crippen LogP contribution >= 0.6 is 0 Å². The van der Waals surface area contributed by atoms with Gasteiger partial charge in [0.2, 0.25) is 5.95 Å². The van der Waals surface area contributed by atoms with E-state index >= 15 is 0 Å². The number of nitrogens with zero attached hydrogens (tertiary/aromatic N) is 2. The first-order valence-corrected chi connectivity index (χ1v) is 9.19. The minimum atomic E-state index is -0.426. The number of carbonyl (C=O) groups is 1. The summed E-state index contributed by atoms with van der Waals surface area (Å²) in [6, 6.07) is 5.04. The summed E-state index contributed by atoms with van der Waals surface area (Å²) in [6.07, 6.45) is 2.20. The van der Waals surface area contributed by atoms with Gasteiger partial charge in [-0.3, -0.25) is 0 Å². The number of esters is 1. The van der Waals surface area contributed by atoms with Crippen LogP contribution in [0.25, 0.3) is 0 Å². The summed E-state index contributed by atoms with van der Waals surface area (Å²) in [7, 11) is 2.89. The van der Waals surface area contributed by atoms with Gasteiger partial charge in [0.05, 0.1) is 32.4 Å². The van der Waals surface area contributed by atoms with Gasteiger partial charge in [0.1, 0.15) is 11.6 Å². The number of aliphatic hydroxyl groups excluding tert-OH is 1. The van der Waals surface area contributed by atoms with Crippen LogP contribution in [0.15, 0.2) is 18.2 Å². The average molecular weight is 388 g/mol. The summed E-state index contributed by atoms with van der Waals surface area (Å²) >= 11 is 0. The molecule has 0 fully saturated rings. The normalized spacial score (nSPS) is 11.8. The maximum Gasteiger partial charge on any atom is 0.337 e. The van der Waals surface area contributed by atoms with E-state index in [-0.39, 0.29) is 18.6 Å². The molecule has 1 atom stereocenters. The Morgan fingerprint density at radius 3 is 2.68 bits per heavy atom. The molecule has 2 aromatic rings. The lowest BCUT2D eigenvalue weighted by Gasteiger charge is -2.20. The van der Waals surface area contributed by atoms with Crippen molar-refractivity contribution in [3.05, 3.63) is 40.6 Å². The number of aromatic nitrogens is 2. The molecular formula is C20H28N4O4. The van der Waals surface area contributed by atoms with Crippen LogP contribution in [-0.2, 0) is 11.2 Å². The molecule has 0 spiro atoms. The molecule has 0 saturated heterocycles. The third-order valence-corrected chi connectivity index (χ3v) is 4.50. The third-order valence-electron chi connectivity index (χ3n) is 4.50. The molecule has 1 aromatic carbocycles. The zero-order valence-corrected chi connectivity index (χ0v) is 16.8. The van der Waals surface area contributed by atoms with E-state index in [1.807, 2.05) is 13.0 Å². The van der Waals surface area contributed by atoms with Gasteiger partial charge < -0.3 is 25.6 Å². The van der Waals surface area contributed by atoms with Crippen LogP contribution in [0.2, 0.25) is 0 Å². The number of aryl methyl sites for hydroxylation is 1. The number of hydrogen-bond donors (Lipinski definition) is 3. The van der Waals surface area contributed by atoms with E-state index in [1.165, 1.54) is 7.11 Å². The van der Waals surface area contributed by atoms with Gasteiger partial charge in [-0.05, 0) is 31.0 Å². The van der Waals surface area contributed by atoms with E-state index < -0.39 is 5.97 Å². The lowest BCUT2D eigenvalue weighted by atomic mass is 10.0. The van der Waals surface area contributed by atoms with E-state index in [0.717, 1.165) is 29.7 Å². The largest absolute Gasteiger partial charge is 0.496 e.